The van der Waals surface area contributed by atoms with Crippen LogP contribution in [0.4, 0.5) is 5.69 Å². The highest BCUT2D eigenvalue weighted by atomic mass is 16.4. The number of benzene rings is 1. The lowest BCUT2D eigenvalue weighted by molar-refractivity contribution is -0.313. The molecule has 1 aromatic rings. The summed E-state index contributed by atoms with van der Waals surface area (Å²) in [5, 5.41) is 34.2. The maximum Gasteiger partial charge on any atom is 0.335 e. The van der Waals surface area contributed by atoms with Crippen molar-refractivity contribution in [2.75, 3.05) is 5.32 Å². The summed E-state index contributed by atoms with van der Waals surface area (Å²) in [4.78, 5) is 34.5. The molecule has 7 heteroatoms. The minimum Gasteiger partial charge on any atom is -0.872 e. The highest BCUT2D eigenvalue weighted by Gasteiger charge is 2.48. The van der Waals surface area contributed by atoms with Crippen LogP contribution in [0.25, 0.3) is 0 Å². The average molecular weight is 315 g/mol. The van der Waals surface area contributed by atoms with Gasteiger partial charge in [-0.15, -0.1) is 0 Å². The number of fused-ring (bicyclic) bond motifs is 2. The SMILES string of the molecule is O=C(O)c1ccc(NC(=O)[C@@H]2[C@@H](C(=O)[O-])[C@@H]3C=C[C@@H]2C3)cc1[O-]. The van der Waals surface area contributed by atoms with E-state index in [9.17, 15) is 24.6 Å². The highest BCUT2D eigenvalue weighted by molar-refractivity contribution is 5.97. The van der Waals surface area contributed by atoms with Gasteiger partial charge in [-0.05, 0) is 36.5 Å². The van der Waals surface area contributed by atoms with Crippen molar-refractivity contribution in [3.8, 4) is 5.75 Å². The van der Waals surface area contributed by atoms with Crippen LogP contribution in [0.3, 0.4) is 0 Å². The fourth-order valence-electron chi connectivity index (χ4n) is 3.50. The van der Waals surface area contributed by atoms with Crippen molar-refractivity contribution < 1.29 is 29.7 Å². The average Bonchev–Trinajstić information content (AvgIpc) is 3.07. The number of amides is 1. The fourth-order valence-corrected chi connectivity index (χ4v) is 3.50. The Balaban J connectivity index is 1.79. The molecule has 2 aliphatic carbocycles. The lowest BCUT2D eigenvalue weighted by Gasteiger charge is -2.28. The maximum atomic E-state index is 12.4. The summed E-state index contributed by atoms with van der Waals surface area (Å²) in [7, 11) is 0. The predicted molar refractivity (Wildman–Crippen MR) is 74.2 cm³/mol. The van der Waals surface area contributed by atoms with Crippen molar-refractivity contribution in [3.05, 3.63) is 35.9 Å². The summed E-state index contributed by atoms with van der Waals surface area (Å²) in [6, 6.07) is 3.43. The Kier molecular flexibility index (Phi) is 3.55. The molecule has 1 saturated carbocycles. The minimum atomic E-state index is -1.34. The van der Waals surface area contributed by atoms with Crippen molar-refractivity contribution in [2.45, 2.75) is 6.42 Å². The number of aliphatic carboxylic acids is 1. The molecule has 4 atom stereocenters. The third-order valence-electron chi connectivity index (χ3n) is 4.51. The molecule has 2 bridgehead atoms. The maximum absolute atomic E-state index is 12.4. The summed E-state index contributed by atoms with van der Waals surface area (Å²) in [5.74, 6) is -5.81. The van der Waals surface area contributed by atoms with Crippen LogP contribution in [0.2, 0.25) is 0 Å². The standard InChI is InChI=1S/C16H15NO6/c18-11-6-9(3-4-10(11)15(20)21)17-14(19)12-7-1-2-8(5-7)13(12)16(22)23/h1-4,6-8,12-13,18H,5H2,(H,17,19)(H,20,21)(H,22,23)/p-2/t7-,8-,12+,13+/m1/s1. The van der Waals surface area contributed by atoms with Gasteiger partial charge in [0.25, 0.3) is 0 Å². The number of hydrogen-bond donors (Lipinski definition) is 2. The molecule has 0 aromatic heterocycles. The van der Waals surface area contributed by atoms with Crippen molar-refractivity contribution in [2.24, 2.45) is 23.7 Å². The van der Waals surface area contributed by atoms with E-state index in [0.717, 1.165) is 12.1 Å². The molecule has 2 aliphatic rings. The second-order valence-electron chi connectivity index (χ2n) is 5.82. The van der Waals surface area contributed by atoms with E-state index in [1.807, 2.05) is 6.08 Å². The molecular weight excluding hydrogens is 302 g/mol. The molecular formula is C16H13NO6-2. The number of anilines is 1. The third-order valence-corrected chi connectivity index (χ3v) is 4.51. The molecule has 2 N–H and O–H groups in total. The van der Waals surface area contributed by atoms with E-state index in [2.05, 4.69) is 5.32 Å². The Hall–Kier alpha value is -2.83. The van der Waals surface area contributed by atoms with Crippen molar-refractivity contribution in [1.82, 2.24) is 0 Å². The topological polar surface area (TPSA) is 130 Å². The summed E-state index contributed by atoms with van der Waals surface area (Å²) in [6.45, 7) is 0. The Labute approximate surface area is 131 Å². The minimum absolute atomic E-state index is 0.147. The number of carboxylic acid groups (broad SMARTS) is 2. The van der Waals surface area contributed by atoms with E-state index in [-0.39, 0.29) is 17.5 Å². The molecule has 0 aliphatic heterocycles. The molecule has 3 rings (SSSR count). The van der Waals surface area contributed by atoms with Gasteiger partial charge in [0, 0.05) is 17.6 Å². The monoisotopic (exact) mass is 315 g/mol. The van der Waals surface area contributed by atoms with Gasteiger partial charge in [-0.25, -0.2) is 4.79 Å². The Bertz CT molecular complexity index is 725. The quantitative estimate of drug-likeness (QED) is 0.726. The van der Waals surface area contributed by atoms with E-state index in [0.29, 0.717) is 6.42 Å². The lowest BCUT2D eigenvalue weighted by atomic mass is 9.82. The van der Waals surface area contributed by atoms with Crippen LogP contribution in [-0.4, -0.2) is 23.0 Å². The van der Waals surface area contributed by atoms with E-state index < -0.39 is 41.0 Å². The summed E-state index contributed by atoms with van der Waals surface area (Å²) in [6.07, 6.45) is 4.23. The predicted octanol–water partition coefficient (Wildman–Crippen LogP) is -0.415. The van der Waals surface area contributed by atoms with Crippen LogP contribution in [0, 0.1) is 23.7 Å². The molecule has 1 fully saturated rings. The van der Waals surface area contributed by atoms with Gasteiger partial charge in [-0.2, -0.15) is 0 Å². The molecule has 0 saturated heterocycles. The molecule has 0 spiro atoms. The number of carbonyl (C=O) groups excluding carboxylic acids is 2. The summed E-state index contributed by atoms with van der Waals surface area (Å²) >= 11 is 0. The number of aromatic carboxylic acids is 1. The van der Waals surface area contributed by atoms with Crippen LogP contribution in [0.1, 0.15) is 16.8 Å². The molecule has 1 amide bonds. The van der Waals surface area contributed by atoms with Crippen molar-refractivity contribution >= 4 is 23.5 Å². The van der Waals surface area contributed by atoms with Gasteiger partial charge in [0.15, 0.2) is 0 Å². The molecule has 0 radical (unpaired) electrons. The number of carboxylic acids is 2. The number of rotatable bonds is 4. The van der Waals surface area contributed by atoms with Crippen LogP contribution >= 0.6 is 0 Å². The smallest absolute Gasteiger partial charge is 0.335 e. The van der Waals surface area contributed by atoms with Crippen LogP contribution in [0.15, 0.2) is 30.4 Å². The van der Waals surface area contributed by atoms with Crippen molar-refractivity contribution in [3.63, 3.8) is 0 Å². The van der Waals surface area contributed by atoms with Gasteiger partial charge in [-0.3, -0.25) is 4.79 Å². The first-order valence-corrected chi connectivity index (χ1v) is 7.13. The first-order valence-electron chi connectivity index (χ1n) is 7.13. The van der Waals surface area contributed by atoms with Crippen LogP contribution in [-0.2, 0) is 9.59 Å². The van der Waals surface area contributed by atoms with Gasteiger partial charge < -0.3 is 25.4 Å². The van der Waals surface area contributed by atoms with E-state index in [4.69, 9.17) is 5.11 Å². The zero-order chi connectivity index (χ0) is 16.7. The second-order valence-corrected chi connectivity index (χ2v) is 5.82. The second kappa shape index (κ2) is 5.42. The first-order chi connectivity index (χ1) is 10.9. The Morgan fingerprint density at radius 1 is 1.13 bits per heavy atom. The van der Waals surface area contributed by atoms with Gasteiger partial charge >= 0.3 is 5.97 Å². The number of allylic oxidation sites excluding steroid dienone is 2. The van der Waals surface area contributed by atoms with Crippen molar-refractivity contribution in [1.29, 1.82) is 0 Å². The van der Waals surface area contributed by atoms with Crippen LogP contribution < -0.4 is 15.5 Å². The zero-order valence-electron chi connectivity index (χ0n) is 11.9. The summed E-state index contributed by atoms with van der Waals surface area (Å²) < 4.78 is 0. The van der Waals surface area contributed by atoms with Gasteiger partial charge in [0.2, 0.25) is 5.91 Å². The van der Waals surface area contributed by atoms with E-state index in [1.165, 1.54) is 6.07 Å². The zero-order valence-corrected chi connectivity index (χ0v) is 11.9. The number of carbonyl (C=O) groups is 3. The van der Waals surface area contributed by atoms with Crippen LogP contribution in [0.5, 0.6) is 5.75 Å². The molecule has 0 heterocycles. The number of hydrogen-bond acceptors (Lipinski definition) is 5. The normalized spacial score (nSPS) is 27.8. The Morgan fingerprint density at radius 2 is 1.78 bits per heavy atom. The van der Waals surface area contributed by atoms with Gasteiger partial charge in [0.1, 0.15) is 0 Å². The summed E-state index contributed by atoms with van der Waals surface area (Å²) in [5.41, 5.74) is -0.243. The van der Waals surface area contributed by atoms with E-state index in [1.54, 1.807) is 6.08 Å². The largest absolute Gasteiger partial charge is 0.872 e. The highest BCUT2D eigenvalue weighted by Crippen LogP contribution is 2.48. The first kappa shape index (κ1) is 15.1. The van der Waals surface area contributed by atoms with Gasteiger partial charge in [-0.1, -0.05) is 17.9 Å². The van der Waals surface area contributed by atoms with E-state index >= 15 is 0 Å². The lowest BCUT2D eigenvalue weighted by Crippen LogP contribution is -2.42. The number of nitrogens with one attached hydrogen (secondary N) is 1. The molecule has 7 nitrogen and oxygen atoms in total. The molecule has 1 aromatic carbocycles. The molecule has 0 unspecified atom stereocenters. The van der Waals surface area contributed by atoms with Gasteiger partial charge in [0.05, 0.1) is 11.5 Å². The Morgan fingerprint density at radius 3 is 2.35 bits per heavy atom. The fraction of sp³-hybridized carbons (Fsp3) is 0.312. The third kappa shape index (κ3) is 2.54. The molecule has 120 valence electrons. The molecule has 23 heavy (non-hydrogen) atoms.